The maximum atomic E-state index is 4.49. The Morgan fingerprint density at radius 1 is 0.636 bits per heavy atom. The number of para-hydroxylation sites is 2. The van der Waals surface area contributed by atoms with Gasteiger partial charge in [-0.1, -0.05) is 81.4 Å². The molecule has 166 valence electrons. The standard InChI is InChI=1S/C26H27N7/c1-26(2,3)20-16-14-19(15-17-20)18-27-33-25-31-23(28-21-10-6-4-7-11-21)30-24(32-25)29-22-12-8-5-9-13-22/h4-18H,1-3H3,(H3,28,29,30,31,32,33)/b27-18+. The predicted molar refractivity (Wildman–Crippen MR) is 136 cm³/mol. The molecule has 0 fully saturated rings. The zero-order valence-electron chi connectivity index (χ0n) is 18.9. The molecule has 0 aliphatic carbocycles. The summed E-state index contributed by atoms with van der Waals surface area (Å²) in [6, 6.07) is 27.8. The summed E-state index contributed by atoms with van der Waals surface area (Å²) >= 11 is 0. The Morgan fingerprint density at radius 2 is 1.12 bits per heavy atom. The molecular weight excluding hydrogens is 410 g/mol. The van der Waals surface area contributed by atoms with Crippen molar-refractivity contribution in [1.82, 2.24) is 15.0 Å². The van der Waals surface area contributed by atoms with Gasteiger partial charge in [0, 0.05) is 11.4 Å². The van der Waals surface area contributed by atoms with Gasteiger partial charge < -0.3 is 10.6 Å². The first-order chi connectivity index (χ1) is 16.0. The number of hydrogen-bond donors (Lipinski definition) is 3. The van der Waals surface area contributed by atoms with Gasteiger partial charge in [0.05, 0.1) is 6.21 Å². The van der Waals surface area contributed by atoms with E-state index in [1.807, 2.05) is 72.8 Å². The minimum atomic E-state index is 0.114. The number of benzene rings is 3. The molecule has 1 heterocycles. The summed E-state index contributed by atoms with van der Waals surface area (Å²) in [4.78, 5) is 13.4. The summed E-state index contributed by atoms with van der Waals surface area (Å²) in [5.74, 6) is 1.13. The van der Waals surface area contributed by atoms with Crippen molar-refractivity contribution >= 4 is 35.4 Å². The lowest BCUT2D eigenvalue weighted by Gasteiger charge is -2.18. The van der Waals surface area contributed by atoms with Crippen LogP contribution in [0, 0.1) is 0 Å². The fraction of sp³-hybridized carbons (Fsp3) is 0.154. The van der Waals surface area contributed by atoms with E-state index in [1.165, 1.54) is 5.56 Å². The van der Waals surface area contributed by atoms with Gasteiger partial charge in [-0.25, -0.2) is 5.43 Å². The van der Waals surface area contributed by atoms with Crippen molar-refractivity contribution in [1.29, 1.82) is 0 Å². The van der Waals surface area contributed by atoms with Crippen molar-refractivity contribution in [2.45, 2.75) is 26.2 Å². The van der Waals surface area contributed by atoms with Crippen LogP contribution in [-0.2, 0) is 5.41 Å². The van der Waals surface area contributed by atoms with Gasteiger partial charge in [-0.3, -0.25) is 0 Å². The van der Waals surface area contributed by atoms with Gasteiger partial charge in [0.15, 0.2) is 0 Å². The zero-order chi connectivity index (χ0) is 23.1. The molecule has 4 aromatic rings. The van der Waals surface area contributed by atoms with Crippen LogP contribution in [0.4, 0.5) is 29.2 Å². The fourth-order valence-corrected chi connectivity index (χ4v) is 3.07. The molecule has 0 saturated heterocycles. The third-order valence-corrected chi connectivity index (χ3v) is 4.85. The molecule has 0 spiro atoms. The Labute approximate surface area is 194 Å². The second-order valence-electron chi connectivity index (χ2n) is 8.53. The van der Waals surface area contributed by atoms with Gasteiger partial charge in [0.1, 0.15) is 0 Å². The Balaban J connectivity index is 1.53. The fourth-order valence-electron chi connectivity index (χ4n) is 3.07. The summed E-state index contributed by atoms with van der Waals surface area (Å²) < 4.78 is 0. The van der Waals surface area contributed by atoms with Crippen LogP contribution in [0.3, 0.4) is 0 Å². The molecule has 0 atom stereocenters. The molecule has 7 nitrogen and oxygen atoms in total. The van der Waals surface area contributed by atoms with E-state index in [0.29, 0.717) is 17.8 Å². The molecule has 0 radical (unpaired) electrons. The first kappa shape index (κ1) is 22.0. The van der Waals surface area contributed by atoms with Crippen molar-refractivity contribution in [2.24, 2.45) is 5.10 Å². The molecule has 0 saturated carbocycles. The Bertz CT molecular complexity index is 1140. The lowest BCUT2D eigenvalue weighted by molar-refractivity contribution is 0.590. The summed E-state index contributed by atoms with van der Waals surface area (Å²) in [7, 11) is 0. The van der Waals surface area contributed by atoms with Gasteiger partial charge in [-0.15, -0.1) is 0 Å². The first-order valence-electron chi connectivity index (χ1n) is 10.8. The lowest BCUT2D eigenvalue weighted by atomic mass is 9.87. The smallest absolute Gasteiger partial charge is 0.250 e. The molecule has 0 aliphatic heterocycles. The van der Waals surface area contributed by atoms with Crippen LogP contribution < -0.4 is 16.1 Å². The van der Waals surface area contributed by atoms with E-state index in [1.54, 1.807) is 6.21 Å². The largest absolute Gasteiger partial charge is 0.324 e. The van der Waals surface area contributed by atoms with Crippen LogP contribution in [-0.4, -0.2) is 21.2 Å². The molecule has 1 aromatic heterocycles. The first-order valence-corrected chi connectivity index (χ1v) is 10.8. The number of nitrogens with one attached hydrogen (secondary N) is 3. The molecule has 0 unspecified atom stereocenters. The van der Waals surface area contributed by atoms with Crippen LogP contribution >= 0.6 is 0 Å². The van der Waals surface area contributed by atoms with Crippen molar-refractivity contribution in [3.63, 3.8) is 0 Å². The van der Waals surface area contributed by atoms with Gasteiger partial charge in [-0.2, -0.15) is 20.1 Å². The minimum absolute atomic E-state index is 0.114. The monoisotopic (exact) mass is 437 g/mol. The Kier molecular flexibility index (Phi) is 6.59. The molecular formula is C26H27N7. The highest BCUT2D eigenvalue weighted by atomic mass is 15.4. The molecule has 3 N–H and O–H groups in total. The highest BCUT2D eigenvalue weighted by Crippen LogP contribution is 2.22. The predicted octanol–water partition coefficient (Wildman–Crippen LogP) is 6.10. The quantitative estimate of drug-likeness (QED) is 0.239. The van der Waals surface area contributed by atoms with Crippen molar-refractivity contribution in [3.8, 4) is 0 Å². The van der Waals surface area contributed by atoms with Crippen molar-refractivity contribution in [3.05, 3.63) is 96.1 Å². The normalized spacial score (nSPS) is 11.4. The SMILES string of the molecule is CC(C)(C)c1ccc(/C=N/Nc2nc(Nc3ccccc3)nc(Nc3ccccc3)n2)cc1. The van der Waals surface area contributed by atoms with E-state index >= 15 is 0 Å². The number of hydrogen-bond acceptors (Lipinski definition) is 7. The molecule has 4 rings (SSSR count). The topological polar surface area (TPSA) is 87.1 Å². The number of nitrogens with zero attached hydrogens (tertiary/aromatic N) is 4. The van der Waals surface area contributed by atoms with Crippen LogP contribution in [0.15, 0.2) is 90.0 Å². The summed E-state index contributed by atoms with van der Waals surface area (Å²) in [5.41, 5.74) is 7.04. The third kappa shape index (κ3) is 6.36. The highest BCUT2D eigenvalue weighted by molar-refractivity contribution is 5.80. The molecule has 7 heteroatoms. The number of rotatable bonds is 7. The summed E-state index contributed by atoms with van der Waals surface area (Å²) in [6.45, 7) is 6.58. The maximum Gasteiger partial charge on any atom is 0.250 e. The Morgan fingerprint density at radius 3 is 1.61 bits per heavy atom. The van der Waals surface area contributed by atoms with E-state index in [-0.39, 0.29) is 5.41 Å². The van der Waals surface area contributed by atoms with E-state index in [4.69, 9.17) is 0 Å². The van der Waals surface area contributed by atoms with E-state index in [2.05, 4.69) is 69.0 Å². The molecule has 3 aromatic carbocycles. The Hall–Kier alpha value is -4.26. The van der Waals surface area contributed by atoms with Crippen molar-refractivity contribution < 1.29 is 0 Å². The van der Waals surface area contributed by atoms with E-state index < -0.39 is 0 Å². The van der Waals surface area contributed by atoms with Crippen LogP contribution in [0.25, 0.3) is 0 Å². The number of anilines is 5. The van der Waals surface area contributed by atoms with E-state index in [9.17, 15) is 0 Å². The van der Waals surface area contributed by atoms with E-state index in [0.717, 1.165) is 16.9 Å². The number of aromatic nitrogens is 3. The lowest BCUT2D eigenvalue weighted by Crippen LogP contribution is -2.10. The van der Waals surface area contributed by atoms with Gasteiger partial charge in [0.25, 0.3) is 0 Å². The summed E-state index contributed by atoms with van der Waals surface area (Å²) in [6.07, 6.45) is 1.74. The summed E-state index contributed by atoms with van der Waals surface area (Å²) in [5, 5.41) is 10.7. The highest BCUT2D eigenvalue weighted by Gasteiger charge is 2.12. The average Bonchev–Trinajstić information content (AvgIpc) is 2.80. The molecule has 0 bridgehead atoms. The minimum Gasteiger partial charge on any atom is -0.324 e. The van der Waals surface area contributed by atoms with Crippen LogP contribution in [0.1, 0.15) is 31.9 Å². The van der Waals surface area contributed by atoms with Gasteiger partial charge >= 0.3 is 0 Å². The maximum absolute atomic E-state index is 4.49. The van der Waals surface area contributed by atoms with Crippen LogP contribution in [0.2, 0.25) is 0 Å². The second-order valence-corrected chi connectivity index (χ2v) is 8.53. The third-order valence-electron chi connectivity index (χ3n) is 4.85. The number of hydrazone groups is 1. The van der Waals surface area contributed by atoms with Gasteiger partial charge in [-0.05, 0) is 40.8 Å². The van der Waals surface area contributed by atoms with Gasteiger partial charge in [0.2, 0.25) is 17.8 Å². The molecule has 0 amide bonds. The zero-order valence-corrected chi connectivity index (χ0v) is 18.9. The van der Waals surface area contributed by atoms with Crippen LogP contribution in [0.5, 0.6) is 0 Å². The second kappa shape index (κ2) is 9.91. The average molecular weight is 438 g/mol. The van der Waals surface area contributed by atoms with Crippen molar-refractivity contribution in [2.75, 3.05) is 16.1 Å². The molecule has 33 heavy (non-hydrogen) atoms. The molecule has 0 aliphatic rings.